The Balaban J connectivity index is 1.60. The van der Waals surface area contributed by atoms with Crippen molar-refractivity contribution in [2.75, 3.05) is 19.8 Å². The topological polar surface area (TPSA) is 39.1 Å². The second-order valence-electron chi connectivity index (χ2n) is 5.18. The molecule has 1 aromatic rings. The van der Waals surface area contributed by atoms with Gasteiger partial charge in [0.25, 0.3) is 0 Å². The van der Waals surface area contributed by atoms with Gasteiger partial charge in [-0.1, -0.05) is 0 Å². The highest BCUT2D eigenvalue weighted by Crippen LogP contribution is 2.24. The number of ether oxygens (including phenoxy) is 1. The summed E-state index contributed by atoms with van der Waals surface area (Å²) in [6.07, 6.45) is 8.98. The lowest BCUT2D eigenvalue weighted by Gasteiger charge is -2.15. The SMILES string of the molecule is c1ncn(CCC2CCOC2)c1C1CCCN1. The minimum Gasteiger partial charge on any atom is -0.381 e. The van der Waals surface area contributed by atoms with Crippen molar-refractivity contribution in [2.24, 2.45) is 5.92 Å². The fourth-order valence-corrected chi connectivity index (χ4v) is 2.88. The number of aromatic nitrogens is 2. The standard InChI is InChI=1S/C13H21N3O/c1-2-12(15-5-1)13-8-14-10-16(13)6-3-11-4-7-17-9-11/h8,10-12,15H,1-7,9H2. The zero-order valence-electron chi connectivity index (χ0n) is 10.3. The lowest BCUT2D eigenvalue weighted by Crippen LogP contribution is -2.17. The quantitative estimate of drug-likeness (QED) is 0.864. The molecule has 0 radical (unpaired) electrons. The second-order valence-corrected chi connectivity index (χ2v) is 5.18. The zero-order valence-corrected chi connectivity index (χ0v) is 10.3. The van der Waals surface area contributed by atoms with Gasteiger partial charge in [-0.2, -0.15) is 0 Å². The van der Waals surface area contributed by atoms with Gasteiger partial charge < -0.3 is 14.6 Å². The normalized spacial score (nSPS) is 28.9. The maximum absolute atomic E-state index is 5.42. The number of nitrogens with one attached hydrogen (secondary N) is 1. The summed E-state index contributed by atoms with van der Waals surface area (Å²) in [6.45, 7) is 4.13. The van der Waals surface area contributed by atoms with E-state index >= 15 is 0 Å². The van der Waals surface area contributed by atoms with E-state index in [1.807, 2.05) is 12.5 Å². The number of imidazole rings is 1. The molecule has 1 N–H and O–H groups in total. The molecule has 2 fully saturated rings. The minimum absolute atomic E-state index is 0.525. The summed E-state index contributed by atoms with van der Waals surface area (Å²) in [7, 11) is 0. The summed E-state index contributed by atoms with van der Waals surface area (Å²) in [5.74, 6) is 0.752. The predicted octanol–water partition coefficient (Wildman–Crippen LogP) is 1.73. The van der Waals surface area contributed by atoms with Crippen LogP contribution in [0.2, 0.25) is 0 Å². The Morgan fingerprint density at radius 2 is 2.47 bits per heavy atom. The average Bonchev–Trinajstić information content (AvgIpc) is 3.09. The van der Waals surface area contributed by atoms with Crippen LogP contribution in [0.3, 0.4) is 0 Å². The van der Waals surface area contributed by atoms with Crippen molar-refractivity contribution in [3.63, 3.8) is 0 Å². The van der Waals surface area contributed by atoms with E-state index in [0.29, 0.717) is 6.04 Å². The molecule has 3 heterocycles. The Morgan fingerprint density at radius 3 is 3.24 bits per heavy atom. The molecule has 0 bridgehead atoms. The molecule has 0 amide bonds. The first-order valence-corrected chi connectivity index (χ1v) is 6.74. The van der Waals surface area contributed by atoms with Gasteiger partial charge in [0, 0.05) is 32.0 Å². The number of rotatable bonds is 4. The van der Waals surface area contributed by atoms with Crippen LogP contribution in [-0.2, 0) is 11.3 Å². The largest absolute Gasteiger partial charge is 0.381 e. The Morgan fingerprint density at radius 1 is 1.47 bits per heavy atom. The zero-order chi connectivity index (χ0) is 11.5. The summed E-state index contributed by atoms with van der Waals surface area (Å²) < 4.78 is 7.74. The molecule has 0 spiro atoms. The van der Waals surface area contributed by atoms with Crippen molar-refractivity contribution >= 4 is 0 Å². The van der Waals surface area contributed by atoms with E-state index in [1.165, 1.54) is 31.4 Å². The van der Waals surface area contributed by atoms with Crippen LogP contribution in [0.15, 0.2) is 12.5 Å². The predicted molar refractivity (Wildman–Crippen MR) is 65.7 cm³/mol. The molecule has 2 atom stereocenters. The van der Waals surface area contributed by atoms with E-state index in [2.05, 4.69) is 14.9 Å². The van der Waals surface area contributed by atoms with Gasteiger partial charge in [-0.05, 0) is 38.1 Å². The Kier molecular flexibility index (Phi) is 3.43. The first-order valence-electron chi connectivity index (χ1n) is 6.74. The molecule has 2 saturated heterocycles. The summed E-state index contributed by atoms with van der Waals surface area (Å²) >= 11 is 0. The van der Waals surface area contributed by atoms with Crippen molar-refractivity contribution in [2.45, 2.75) is 38.3 Å². The summed E-state index contributed by atoms with van der Waals surface area (Å²) in [6, 6.07) is 0.525. The third-order valence-corrected chi connectivity index (χ3v) is 3.96. The smallest absolute Gasteiger partial charge is 0.0948 e. The van der Waals surface area contributed by atoms with Gasteiger partial charge in [0.05, 0.1) is 12.0 Å². The number of hydrogen-bond acceptors (Lipinski definition) is 3. The van der Waals surface area contributed by atoms with Crippen molar-refractivity contribution in [1.82, 2.24) is 14.9 Å². The maximum Gasteiger partial charge on any atom is 0.0948 e. The first kappa shape index (κ1) is 11.2. The molecule has 4 heteroatoms. The first-order chi connectivity index (χ1) is 8.43. The van der Waals surface area contributed by atoms with Crippen LogP contribution in [0.5, 0.6) is 0 Å². The van der Waals surface area contributed by atoms with Crippen LogP contribution in [0.25, 0.3) is 0 Å². The van der Waals surface area contributed by atoms with Crippen LogP contribution < -0.4 is 5.32 Å². The second kappa shape index (κ2) is 5.19. The third-order valence-electron chi connectivity index (χ3n) is 3.96. The third kappa shape index (κ3) is 2.53. The summed E-state index contributed by atoms with van der Waals surface area (Å²) in [4.78, 5) is 4.30. The molecular weight excluding hydrogens is 214 g/mol. The lowest BCUT2D eigenvalue weighted by atomic mass is 10.1. The highest BCUT2D eigenvalue weighted by Gasteiger charge is 2.21. The van der Waals surface area contributed by atoms with Crippen molar-refractivity contribution in [3.8, 4) is 0 Å². The van der Waals surface area contributed by atoms with Crippen molar-refractivity contribution in [1.29, 1.82) is 0 Å². The molecule has 0 aromatic carbocycles. The molecule has 2 unspecified atom stereocenters. The van der Waals surface area contributed by atoms with Gasteiger partial charge in [-0.15, -0.1) is 0 Å². The van der Waals surface area contributed by atoms with Crippen LogP contribution in [0.4, 0.5) is 0 Å². The van der Waals surface area contributed by atoms with Crippen molar-refractivity contribution < 1.29 is 4.74 Å². The van der Waals surface area contributed by atoms with Gasteiger partial charge in [0.2, 0.25) is 0 Å². The Labute approximate surface area is 102 Å². The van der Waals surface area contributed by atoms with Gasteiger partial charge in [0.1, 0.15) is 0 Å². The van der Waals surface area contributed by atoms with E-state index < -0.39 is 0 Å². The number of nitrogens with zero attached hydrogens (tertiary/aromatic N) is 2. The summed E-state index contributed by atoms with van der Waals surface area (Å²) in [5, 5.41) is 3.54. The van der Waals surface area contributed by atoms with E-state index in [4.69, 9.17) is 4.74 Å². The Bertz CT molecular complexity index is 351. The lowest BCUT2D eigenvalue weighted by molar-refractivity contribution is 0.183. The van der Waals surface area contributed by atoms with Gasteiger partial charge in [0.15, 0.2) is 0 Å². The molecular formula is C13H21N3O. The molecule has 2 aliphatic rings. The molecule has 3 rings (SSSR count). The van der Waals surface area contributed by atoms with Gasteiger partial charge in [-0.3, -0.25) is 0 Å². The highest BCUT2D eigenvalue weighted by atomic mass is 16.5. The minimum atomic E-state index is 0.525. The molecule has 1 aromatic heterocycles. The van der Waals surface area contributed by atoms with Gasteiger partial charge in [-0.25, -0.2) is 4.98 Å². The Hall–Kier alpha value is -0.870. The van der Waals surface area contributed by atoms with E-state index in [0.717, 1.165) is 32.2 Å². The van der Waals surface area contributed by atoms with Crippen LogP contribution in [-0.4, -0.2) is 29.3 Å². The van der Waals surface area contributed by atoms with E-state index in [9.17, 15) is 0 Å². The van der Waals surface area contributed by atoms with E-state index in [1.54, 1.807) is 0 Å². The molecule has 2 aliphatic heterocycles. The van der Waals surface area contributed by atoms with Gasteiger partial charge >= 0.3 is 0 Å². The highest BCUT2D eigenvalue weighted by molar-refractivity contribution is 5.07. The molecule has 4 nitrogen and oxygen atoms in total. The molecule has 94 valence electrons. The number of aryl methyl sites for hydroxylation is 1. The number of hydrogen-bond donors (Lipinski definition) is 1. The van der Waals surface area contributed by atoms with Crippen LogP contribution >= 0.6 is 0 Å². The fourth-order valence-electron chi connectivity index (χ4n) is 2.88. The molecule has 17 heavy (non-hydrogen) atoms. The molecule has 0 aliphatic carbocycles. The molecule has 0 saturated carbocycles. The monoisotopic (exact) mass is 235 g/mol. The van der Waals surface area contributed by atoms with Crippen LogP contribution in [0.1, 0.15) is 37.4 Å². The van der Waals surface area contributed by atoms with Crippen molar-refractivity contribution in [3.05, 3.63) is 18.2 Å². The van der Waals surface area contributed by atoms with Crippen LogP contribution in [0, 0.1) is 5.92 Å². The van der Waals surface area contributed by atoms with E-state index in [-0.39, 0.29) is 0 Å². The summed E-state index contributed by atoms with van der Waals surface area (Å²) in [5.41, 5.74) is 1.36. The maximum atomic E-state index is 5.42. The fraction of sp³-hybridized carbons (Fsp3) is 0.769. The average molecular weight is 235 g/mol.